The van der Waals surface area contributed by atoms with Crippen LogP contribution < -0.4 is 10.2 Å². The second-order valence-corrected chi connectivity index (χ2v) is 5.39. The summed E-state index contributed by atoms with van der Waals surface area (Å²) in [7, 11) is 1.88. The summed E-state index contributed by atoms with van der Waals surface area (Å²) in [6.45, 7) is 3.99. The number of fused-ring (bicyclic) bond motifs is 1. The molecule has 98 valence electrons. The Hall–Kier alpha value is -1.36. The summed E-state index contributed by atoms with van der Waals surface area (Å²) >= 11 is 0. The lowest BCUT2D eigenvalue weighted by molar-refractivity contribution is 0.133. The summed E-state index contributed by atoms with van der Waals surface area (Å²) in [6.07, 6.45) is 3.60. The van der Waals surface area contributed by atoms with Gasteiger partial charge < -0.3 is 15.3 Å². The summed E-state index contributed by atoms with van der Waals surface area (Å²) in [5.41, 5.74) is 1.09. The Morgan fingerprint density at radius 1 is 1.33 bits per heavy atom. The van der Waals surface area contributed by atoms with Crippen LogP contribution >= 0.6 is 0 Å². The van der Waals surface area contributed by atoms with E-state index in [9.17, 15) is 5.11 Å². The highest BCUT2D eigenvalue weighted by molar-refractivity contribution is 5.58. The van der Waals surface area contributed by atoms with E-state index < -0.39 is 0 Å². The second kappa shape index (κ2) is 4.39. The molecule has 1 aromatic heterocycles. The maximum atomic E-state index is 9.96. The molecule has 1 aliphatic heterocycles. The largest absolute Gasteiger partial charge is 0.393 e. The van der Waals surface area contributed by atoms with E-state index >= 15 is 0 Å². The third-order valence-electron chi connectivity index (χ3n) is 4.41. The number of anilines is 2. The van der Waals surface area contributed by atoms with E-state index in [-0.39, 0.29) is 6.10 Å². The van der Waals surface area contributed by atoms with Crippen LogP contribution in [0.1, 0.15) is 18.4 Å². The van der Waals surface area contributed by atoms with Crippen molar-refractivity contribution < 1.29 is 5.11 Å². The van der Waals surface area contributed by atoms with Crippen LogP contribution in [0.3, 0.4) is 0 Å². The molecule has 2 heterocycles. The number of aliphatic hydroxyl groups excluding tert-OH is 1. The molecule has 1 aromatic rings. The van der Waals surface area contributed by atoms with Crippen molar-refractivity contribution in [1.82, 2.24) is 9.97 Å². The van der Waals surface area contributed by atoms with E-state index in [0.717, 1.165) is 43.1 Å². The van der Waals surface area contributed by atoms with Crippen LogP contribution in [0.4, 0.5) is 11.6 Å². The zero-order valence-electron chi connectivity index (χ0n) is 10.9. The summed E-state index contributed by atoms with van der Waals surface area (Å²) in [5, 5.41) is 13.1. The third-order valence-corrected chi connectivity index (χ3v) is 4.41. The zero-order chi connectivity index (χ0) is 12.7. The van der Waals surface area contributed by atoms with Crippen LogP contribution in [0.5, 0.6) is 0 Å². The first-order valence-electron chi connectivity index (χ1n) is 6.63. The van der Waals surface area contributed by atoms with Gasteiger partial charge in [0.15, 0.2) is 0 Å². The molecule has 2 N–H and O–H groups in total. The predicted octanol–water partition coefficient (Wildman–Crippen LogP) is 1.03. The monoisotopic (exact) mass is 248 g/mol. The Bertz CT molecular complexity index is 451. The minimum absolute atomic E-state index is 0.120. The molecule has 1 saturated heterocycles. The molecular formula is C13H20N4O. The van der Waals surface area contributed by atoms with Gasteiger partial charge >= 0.3 is 0 Å². The highest BCUT2D eigenvalue weighted by atomic mass is 16.3. The Balaban J connectivity index is 1.85. The number of hydrogen-bond donors (Lipinski definition) is 2. The lowest BCUT2D eigenvalue weighted by Crippen LogP contribution is -2.26. The molecule has 5 heteroatoms. The molecule has 1 aliphatic carbocycles. The van der Waals surface area contributed by atoms with Gasteiger partial charge in [-0.15, -0.1) is 0 Å². The van der Waals surface area contributed by atoms with Crippen molar-refractivity contribution in [2.45, 2.75) is 25.9 Å². The fraction of sp³-hybridized carbons (Fsp3) is 0.692. The molecule has 3 rings (SSSR count). The van der Waals surface area contributed by atoms with E-state index in [0.29, 0.717) is 11.8 Å². The van der Waals surface area contributed by atoms with Crippen molar-refractivity contribution in [2.75, 3.05) is 30.4 Å². The highest BCUT2D eigenvalue weighted by Gasteiger charge is 2.42. The minimum Gasteiger partial charge on any atom is -0.393 e. The lowest BCUT2D eigenvalue weighted by atomic mass is 10.00. The van der Waals surface area contributed by atoms with E-state index in [1.54, 1.807) is 6.33 Å². The summed E-state index contributed by atoms with van der Waals surface area (Å²) in [4.78, 5) is 10.9. The molecule has 18 heavy (non-hydrogen) atoms. The summed E-state index contributed by atoms with van der Waals surface area (Å²) < 4.78 is 0. The number of nitrogens with one attached hydrogen (secondary N) is 1. The SMILES string of the molecule is CNc1ncnc(N2CC3CCC(O)C3C2)c1C. The van der Waals surface area contributed by atoms with Gasteiger partial charge in [-0.25, -0.2) is 9.97 Å². The third kappa shape index (κ3) is 1.73. The van der Waals surface area contributed by atoms with Crippen molar-refractivity contribution >= 4 is 11.6 Å². The van der Waals surface area contributed by atoms with Crippen molar-refractivity contribution in [3.05, 3.63) is 11.9 Å². The van der Waals surface area contributed by atoms with Crippen molar-refractivity contribution in [2.24, 2.45) is 11.8 Å². The Morgan fingerprint density at radius 2 is 2.17 bits per heavy atom. The second-order valence-electron chi connectivity index (χ2n) is 5.39. The molecular weight excluding hydrogens is 228 g/mol. The van der Waals surface area contributed by atoms with E-state index in [4.69, 9.17) is 0 Å². The van der Waals surface area contributed by atoms with E-state index in [1.165, 1.54) is 0 Å². The van der Waals surface area contributed by atoms with Gasteiger partial charge in [0.1, 0.15) is 18.0 Å². The molecule has 0 amide bonds. The van der Waals surface area contributed by atoms with Gasteiger partial charge in [-0.1, -0.05) is 0 Å². The molecule has 5 nitrogen and oxygen atoms in total. The van der Waals surface area contributed by atoms with Crippen LogP contribution in [0, 0.1) is 18.8 Å². The van der Waals surface area contributed by atoms with E-state index in [2.05, 4.69) is 20.2 Å². The molecule has 3 unspecified atom stereocenters. The Morgan fingerprint density at radius 3 is 2.89 bits per heavy atom. The average Bonchev–Trinajstić information content (AvgIpc) is 2.92. The quantitative estimate of drug-likeness (QED) is 0.818. The fourth-order valence-electron chi connectivity index (χ4n) is 3.42. The lowest BCUT2D eigenvalue weighted by Gasteiger charge is -2.21. The first-order valence-corrected chi connectivity index (χ1v) is 6.63. The first kappa shape index (κ1) is 11.7. The van der Waals surface area contributed by atoms with Gasteiger partial charge in [-0.3, -0.25) is 0 Å². The fourth-order valence-corrected chi connectivity index (χ4v) is 3.42. The van der Waals surface area contributed by atoms with Crippen LogP contribution in [0.2, 0.25) is 0 Å². The maximum absolute atomic E-state index is 9.96. The molecule has 0 bridgehead atoms. The van der Waals surface area contributed by atoms with Crippen LogP contribution in [-0.2, 0) is 0 Å². The van der Waals surface area contributed by atoms with Gasteiger partial charge in [0.25, 0.3) is 0 Å². The molecule has 2 fully saturated rings. The molecule has 1 saturated carbocycles. The van der Waals surface area contributed by atoms with Crippen LogP contribution in [0.25, 0.3) is 0 Å². The van der Waals surface area contributed by atoms with Crippen molar-refractivity contribution in [3.8, 4) is 0 Å². The number of aliphatic hydroxyl groups is 1. The molecule has 0 radical (unpaired) electrons. The van der Waals surface area contributed by atoms with Gasteiger partial charge in [0.2, 0.25) is 0 Å². The number of nitrogens with zero attached hydrogens (tertiary/aromatic N) is 3. The van der Waals surface area contributed by atoms with Crippen molar-refractivity contribution in [3.63, 3.8) is 0 Å². The zero-order valence-corrected chi connectivity index (χ0v) is 10.9. The standard InChI is InChI=1S/C13H20N4O/c1-8-12(14-2)15-7-16-13(8)17-5-9-3-4-11(18)10(9)6-17/h7,9-11,18H,3-6H2,1-2H3,(H,14,15,16). The molecule has 0 aromatic carbocycles. The predicted molar refractivity (Wildman–Crippen MR) is 70.7 cm³/mol. The van der Waals surface area contributed by atoms with Gasteiger partial charge in [0, 0.05) is 31.6 Å². The number of aromatic nitrogens is 2. The van der Waals surface area contributed by atoms with Crippen molar-refractivity contribution in [1.29, 1.82) is 0 Å². The Labute approximate surface area is 107 Å². The minimum atomic E-state index is -0.120. The molecule has 3 atom stereocenters. The first-order chi connectivity index (χ1) is 8.70. The number of rotatable bonds is 2. The molecule has 0 spiro atoms. The van der Waals surface area contributed by atoms with Crippen LogP contribution in [0.15, 0.2) is 6.33 Å². The normalized spacial score (nSPS) is 30.6. The smallest absolute Gasteiger partial charge is 0.137 e. The highest BCUT2D eigenvalue weighted by Crippen LogP contribution is 2.40. The summed E-state index contributed by atoms with van der Waals surface area (Å²) in [5.74, 6) is 2.96. The maximum Gasteiger partial charge on any atom is 0.137 e. The topological polar surface area (TPSA) is 61.3 Å². The Kier molecular flexibility index (Phi) is 2.86. The van der Waals surface area contributed by atoms with Gasteiger partial charge in [-0.05, 0) is 25.7 Å². The average molecular weight is 248 g/mol. The van der Waals surface area contributed by atoms with Gasteiger partial charge in [0.05, 0.1) is 6.10 Å². The van der Waals surface area contributed by atoms with E-state index in [1.807, 2.05) is 14.0 Å². The molecule has 2 aliphatic rings. The van der Waals surface area contributed by atoms with Crippen LogP contribution in [-0.4, -0.2) is 41.3 Å². The summed E-state index contributed by atoms with van der Waals surface area (Å²) in [6, 6.07) is 0. The van der Waals surface area contributed by atoms with Gasteiger partial charge in [-0.2, -0.15) is 0 Å². The number of hydrogen-bond acceptors (Lipinski definition) is 5.